The molecule has 3 rings (SSSR count). The van der Waals surface area contributed by atoms with Crippen molar-refractivity contribution in [3.05, 3.63) is 58.1 Å². The standard InChI is InChI=1S/C22H27ClN4O3S/c1-14-10-17(16(3)27(14)15(2)11-29-5)19(28)13-31-22-25-24-21(26(22)4)12-30-20-9-7-6-8-18(20)23/h6-10,15H,11-13H2,1-5H3. The minimum absolute atomic E-state index is 0.0610. The van der Waals surface area contributed by atoms with Gasteiger partial charge in [-0.2, -0.15) is 0 Å². The van der Waals surface area contributed by atoms with Crippen molar-refractivity contribution in [2.45, 2.75) is 38.6 Å². The number of ketones is 1. The second kappa shape index (κ2) is 10.3. The Bertz CT molecular complexity index is 1060. The highest BCUT2D eigenvalue weighted by Crippen LogP contribution is 2.26. The van der Waals surface area contributed by atoms with Gasteiger partial charge in [0, 0.05) is 31.1 Å². The number of carbonyl (C=O) groups excluding carboxylic acids is 1. The van der Waals surface area contributed by atoms with Crippen LogP contribution in [0.25, 0.3) is 0 Å². The molecule has 0 fully saturated rings. The Morgan fingerprint density at radius 3 is 2.71 bits per heavy atom. The summed E-state index contributed by atoms with van der Waals surface area (Å²) in [5.41, 5.74) is 2.74. The van der Waals surface area contributed by atoms with Crippen LogP contribution in [0.1, 0.15) is 40.5 Å². The Kier molecular flexibility index (Phi) is 7.80. The fraction of sp³-hybridized carbons (Fsp3) is 0.409. The summed E-state index contributed by atoms with van der Waals surface area (Å²) < 4.78 is 15.0. The van der Waals surface area contributed by atoms with E-state index in [1.54, 1.807) is 19.2 Å². The number of para-hydroxylation sites is 1. The minimum Gasteiger partial charge on any atom is -0.484 e. The molecule has 0 bridgehead atoms. The van der Waals surface area contributed by atoms with Gasteiger partial charge in [-0.05, 0) is 39.0 Å². The molecule has 0 radical (unpaired) electrons. The van der Waals surface area contributed by atoms with Crippen molar-refractivity contribution in [3.63, 3.8) is 0 Å². The minimum atomic E-state index is 0.0610. The van der Waals surface area contributed by atoms with Crippen LogP contribution in [0.2, 0.25) is 5.02 Å². The van der Waals surface area contributed by atoms with Crippen LogP contribution >= 0.6 is 23.4 Å². The molecule has 1 atom stereocenters. The maximum absolute atomic E-state index is 12.9. The second-order valence-electron chi connectivity index (χ2n) is 7.35. The number of Topliss-reactive ketones (excluding diaryl/α,β-unsaturated/α-hetero) is 1. The smallest absolute Gasteiger partial charge is 0.191 e. The number of aryl methyl sites for hydroxylation is 1. The summed E-state index contributed by atoms with van der Waals surface area (Å²) >= 11 is 7.49. The Morgan fingerprint density at radius 1 is 1.26 bits per heavy atom. The zero-order valence-electron chi connectivity index (χ0n) is 18.4. The molecule has 0 aliphatic rings. The van der Waals surface area contributed by atoms with E-state index in [2.05, 4.69) is 21.7 Å². The zero-order chi connectivity index (χ0) is 22.5. The monoisotopic (exact) mass is 462 g/mol. The molecule has 2 aromatic heterocycles. The summed E-state index contributed by atoms with van der Waals surface area (Å²) in [6.45, 7) is 6.90. The number of carbonyl (C=O) groups is 1. The average Bonchev–Trinajstić information content (AvgIpc) is 3.24. The van der Waals surface area contributed by atoms with Crippen LogP contribution in [0.3, 0.4) is 0 Å². The van der Waals surface area contributed by atoms with Crippen LogP contribution in [0, 0.1) is 13.8 Å². The van der Waals surface area contributed by atoms with Crippen molar-refractivity contribution in [2.24, 2.45) is 7.05 Å². The van der Waals surface area contributed by atoms with Crippen LogP contribution in [0.15, 0.2) is 35.5 Å². The summed E-state index contributed by atoms with van der Waals surface area (Å²) in [5, 5.41) is 9.59. The van der Waals surface area contributed by atoms with E-state index in [4.69, 9.17) is 21.1 Å². The number of hydrogen-bond donors (Lipinski definition) is 0. The summed E-state index contributed by atoms with van der Waals surface area (Å²) in [4.78, 5) is 12.9. The topological polar surface area (TPSA) is 71.2 Å². The first-order chi connectivity index (χ1) is 14.8. The van der Waals surface area contributed by atoms with Gasteiger partial charge in [-0.3, -0.25) is 4.79 Å². The first-order valence-electron chi connectivity index (χ1n) is 9.92. The summed E-state index contributed by atoms with van der Waals surface area (Å²) in [5.74, 6) is 1.59. The summed E-state index contributed by atoms with van der Waals surface area (Å²) in [7, 11) is 3.54. The van der Waals surface area contributed by atoms with Crippen LogP contribution in [-0.4, -0.2) is 44.6 Å². The number of halogens is 1. The predicted molar refractivity (Wildman–Crippen MR) is 122 cm³/mol. The zero-order valence-corrected chi connectivity index (χ0v) is 20.0. The fourth-order valence-electron chi connectivity index (χ4n) is 3.56. The van der Waals surface area contributed by atoms with E-state index >= 15 is 0 Å². The highest BCUT2D eigenvalue weighted by atomic mass is 35.5. The largest absolute Gasteiger partial charge is 0.484 e. The Balaban J connectivity index is 1.64. The van der Waals surface area contributed by atoms with Crippen molar-refractivity contribution < 1.29 is 14.3 Å². The van der Waals surface area contributed by atoms with Gasteiger partial charge in [0.1, 0.15) is 12.4 Å². The van der Waals surface area contributed by atoms with Gasteiger partial charge in [0.15, 0.2) is 16.8 Å². The van der Waals surface area contributed by atoms with Crippen molar-refractivity contribution in [2.75, 3.05) is 19.5 Å². The van der Waals surface area contributed by atoms with E-state index in [0.717, 1.165) is 17.0 Å². The van der Waals surface area contributed by atoms with E-state index < -0.39 is 0 Å². The quantitative estimate of drug-likeness (QED) is 0.322. The lowest BCUT2D eigenvalue weighted by atomic mass is 10.2. The Labute approximate surface area is 191 Å². The summed E-state index contributed by atoms with van der Waals surface area (Å²) in [6.07, 6.45) is 0. The third-order valence-corrected chi connectivity index (χ3v) is 6.42. The van der Waals surface area contributed by atoms with Crippen molar-refractivity contribution in [1.82, 2.24) is 19.3 Å². The number of aromatic nitrogens is 4. The van der Waals surface area contributed by atoms with Gasteiger partial charge in [-0.1, -0.05) is 35.5 Å². The van der Waals surface area contributed by atoms with Crippen molar-refractivity contribution >= 4 is 29.1 Å². The number of methoxy groups -OCH3 is 1. The average molecular weight is 463 g/mol. The molecule has 1 aromatic carbocycles. The fourth-order valence-corrected chi connectivity index (χ4v) is 4.57. The molecule has 0 aliphatic heterocycles. The molecule has 0 amide bonds. The second-order valence-corrected chi connectivity index (χ2v) is 8.70. The third kappa shape index (κ3) is 5.31. The molecule has 0 aliphatic carbocycles. The van der Waals surface area contributed by atoms with Gasteiger partial charge >= 0.3 is 0 Å². The van der Waals surface area contributed by atoms with Crippen LogP contribution in [0.5, 0.6) is 5.75 Å². The van der Waals surface area contributed by atoms with E-state index in [-0.39, 0.29) is 24.2 Å². The van der Waals surface area contributed by atoms with Crippen LogP contribution < -0.4 is 4.74 Å². The van der Waals surface area contributed by atoms with E-state index in [1.807, 2.05) is 43.7 Å². The van der Waals surface area contributed by atoms with Gasteiger partial charge in [-0.25, -0.2) is 0 Å². The first-order valence-corrected chi connectivity index (χ1v) is 11.3. The highest BCUT2D eigenvalue weighted by molar-refractivity contribution is 7.99. The van der Waals surface area contributed by atoms with Crippen molar-refractivity contribution in [1.29, 1.82) is 0 Å². The number of rotatable bonds is 10. The molecular weight excluding hydrogens is 436 g/mol. The first kappa shape index (κ1) is 23.4. The van der Waals surface area contributed by atoms with E-state index in [0.29, 0.717) is 28.4 Å². The molecule has 0 saturated heterocycles. The van der Waals surface area contributed by atoms with Gasteiger partial charge in [-0.15, -0.1) is 10.2 Å². The third-order valence-electron chi connectivity index (χ3n) is 5.08. The normalized spacial score (nSPS) is 12.2. The number of nitrogens with zero attached hydrogens (tertiary/aromatic N) is 4. The van der Waals surface area contributed by atoms with Crippen LogP contribution in [-0.2, 0) is 18.4 Å². The number of ether oxygens (including phenoxy) is 2. The molecule has 0 N–H and O–H groups in total. The number of thioether (sulfide) groups is 1. The van der Waals surface area contributed by atoms with Gasteiger partial charge < -0.3 is 18.6 Å². The molecule has 7 nitrogen and oxygen atoms in total. The molecule has 1 unspecified atom stereocenters. The Hall–Kier alpha value is -2.29. The molecule has 2 heterocycles. The van der Waals surface area contributed by atoms with Gasteiger partial charge in [0.05, 0.1) is 23.4 Å². The lowest BCUT2D eigenvalue weighted by Crippen LogP contribution is -2.14. The van der Waals surface area contributed by atoms with Gasteiger partial charge in [0.2, 0.25) is 0 Å². The van der Waals surface area contributed by atoms with E-state index in [9.17, 15) is 4.79 Å². The Morgan fingerprint density at radius 2 is 2.00 bits per heavy atom. The van der Waals surface area contributed by atoms with Gasteiger partial charge in [0.25, 0.3) is 0 Å². The molecule has 3 aromatic rings. The molecule has 0 saturated carbocycles. The lowest BCUT2D eigenvalue weighted by molar-refractivity contribution is 0.102. The molecule has 9 heteroatoms. The molecular formula is C22H27ClN4O3S. The number of benzene rings is 1. The SMILES string of the molecule is COCC(C)n1c(C)cc(C(=O)CSc2nnc(COc3ccccc3Cl)n2C)c1C. The molecule has 31 heavy (non-hydrogen) atoms. The highest BCUT2D eigenvalue weighted by Gasteiger charge is 2.20. The molecule has 0 spiro atoms. The number of hydrogen-bond acceptors (Lipinski definition) is 6. The maximum atomic E-state index is 12.9. The maximum Gasteiger partial charge on any atom is 0.191 e. The lowest BCUT2D eigenvalue weighted by Gasteiger charge is -2.17. The van der Waals surface area contributed by atoms with Crippen molar-refractivity contribution in [3.8, 4) is 5.75 Å². The predicted octanol–water partition coefficient (Wildman–Crippen LogP) is 4.65. The molecule has 166 valence electrons. The van der Waals surface area contributed by atoms with E-state index in [1.165, 1.54) is 11.8 Å². The van der Waals surface area contributed by atoms with Crippen LogP contribution in [0.4, 0.5) is 0 Å². The summed E-state index contributed by atoms with van der Waals surface area (Å²) in [6, 6.07) is 9.39.